The summed E-state index contributed by atoms with van der Waals surface area (Å²) in [5.41, 5.74) is 3.61. The fraction of sp³-hybridized carbons (Fsp3) is 0. The summed E-state index contributed by atoms with van der Waals surface area (Å²) in [4.78, 5) is 8.74. The fourth-order valence-electron chi connectivity index (χ4n) is 4.45. The van der Waals surface area contributed by atoms with Gasteiger partial charge in [0.2, 0.25) is 0 Å². The number of fused-ring (bicyclic) bond motifs is 2. The minimum absolute atomic E-state index is 0.268. The maximum absolute atomic E-state index is 14.5. The molecule has 6 rings (SSSR count). The summed E-state index contributed by atoms with van der Waals surface area (Å²) < 4.78 is 35.4. The summed E-state index contributed by atoms with van der Waals surface area (Å²) in [7, 11) is 0. The lowest BCUT2D eigenvalue weighted by Crippen LogP contribution is -1.95. The summed E-state index contributed by atoms with van der Waals surface area (Å²) in [6.07, 6.45) is 0. The van der Waals surface area contributed by atoms with E-state index in [1.807, 2.05) is 48.5 Å². The van der Waals surface area contributed by atoms with Crippen LogP contribution in [0.3, 0.4) is 0 Å². The van der Waals surface area contributed by atoms with E-state index < -0.39 is 11.6 Å². The number of hydrogen-bond donors (Lipinski definition) is 0. The van der Waals surface area contributed by atoms with Crippen molar-refractivity contribution in [3.63, 3.8) is 0 Å². The SMILES string of the molecule is Fc1ccc(Oc2ccc(F)cc2-c2cc(Cl)nc3ccccc23)c(-c2cc(Cl)nc3ccccc23)c1. The van der Waals surface area contributed by atoms with Crippen LogP contribution in [0, 0.1) is 11.6 Å². The summed E-state index contributed by atoms with van der Waals surface area (Å²) in [5, 5.41) is 2.11. The number of para-hydroxylation sites is 2. The van der Waals surface area contributed by atoms with Crippen LogP contribution < -0.4 is 4.74 Å². The molecule has 0 saturated heterocycles. The number of pyridine rings is 2. The molecule has 0 spiro atoms. The number of rotatable bonds is 4. The molecule has 6 aromatic rings. The van der Waals surface area contributed by atoms with Gasteiger partial charge in [-0.25, -0.2) is 18.7 Å². The molecule has 180 valence electrons. The monoisotopic (exact) mass is 528 g/mol. The van der Waals surface area contributed by atoms with Gasteiger partial charge in [-0.15, -0.1) is 0 Å². The van der Waals surface area contributed by atoms with E-state index in [2.05, 4.69) is 9.97 Å². The zero-order valence-corrected chi connectivity index (χ0v) is 20.6. The number of nitrogens with zero attached hydrogens (tertiary/aromatic N) is 2. The largest absolute Gasteiger partial charge is 0.456 e. The maximum Gasteiger partial charge on any atom is 0.135 e. The number of halogens is 4. The van der Waals surface area contributed by atoms with E-state index in [0.29, 0.717) is 44.8 Å². The minimum atomic E-state index is -0.439. The number of benzene rings is 4. The van der Waals surface area contributed by atoms with Crippen molar-refractivity contribution in [1.29, 1.82) is 0 Å². The van der Waals surface area contributed by atoms with Gasteiger partial charge in [0, 0.05) is 21.9 Å². The van der Waals surface area contributed by atoms with Crippen molar-refractivity contribution in [2.75, 3.05) is 0 Å². The van der Waals surface area contributed by atoms with Crippen LogP contribution in [0.1, 0.15) is 0 Å². The second-order valence-electron chi connectivity index (χ2n) is 8.40. The third-order valence-electron chi connectivity index (χ3n) is 6.05. The van der Waals surface area contributed by atoms with Crippen LogP contribution in [-0.2, 0) is 0 Å². The Balaban J connectivity index is 1.55. The zero-order valence-electron chi connectivity index (χ0n) is 19.1. The molecule has 7 heteroatoms. The Morgan fingerprint density at radius 3 is 1.41 bits per heavy atom. The van der Waals surface area contributed by atoms with E-state index in [1.54, 1.807) is 24.3 Å². The molecule has 0 amide bonds. The zero-order chi connectivity index (χ0) is 25.5. The highest BCUT2D eigenvalue weighted by molar-refractivity contribution is 6.30. The Bertz CT molecular complexity index is 1690. The van der Waals surface area contributed by atoms with Gasteiger partial charge in [-0.3, -0.25) is 0 Å². The van der Waals surface area contributed by atoms with Crippen molar-refractivity contribution < 1.29 is 13.5 Å². The lowest BCUT2D eigenvalue weighted by Gasteiger charge is -2.17. The molecule has 0 unspecified atom stereocenters. The molecule has 0 aliphatic carbocycles. The van der Waals surface area contributed by atoms with Crippen molar-refractivity contribution in [3.8, 4) is 33.8 Å². The van der Waals surface area contributed by atoms with Crippen LogP contribution in [-0.4, -0.2) is 9.97 Å². The summed E-state index contributed by atoms with van der Waals surface area (Å²) in [6.45, 7) is 0. The predicted molar refractivity (Wildman–Crippen MR) is 144 cm³/mol. The molecule has 2 aromatic heterocycles. The Hall–Kier alpha value is -4.06. The Morgan fingerprint density at radius 1 is 0.514 bits per heavy atom. The lowest BCUT2D eigenvalue weighted by molar-refractivity contribution is 0.482. The van der Waals surface area contributed by atoms with Crippen LogP contribution in [0.25, 0.3) is 44.1 Å². The van der Waals surface area contributed by atoms with Crippen molar-refractivity contribution in [3.05, 3.63) is 119 Å². The Labute approximate surface area is 220 Å². The molecule has 0 atom stereocenters. The van der Waals surface area contributed by atoms with Gasteiger partial charge < -0.3 is 4.74 Å². The number of hydrogen-bond acceptors (Lipinski definition) is 3. The quantitative estimate of drug-likeness (QED) is 0.213. The van der Waals surface area contributed by atoms with Crippen molar-refractivity contribution in [2.45, 2.75) is 0 Å². The van der Waals surface area contributed by atoms with E-state index >= 15 is 0 Å². The van der Waals surface area contributed by atoms with Crippen LogP contribution in [0.5, 0.6) is 11.5 Å². The molecule has 2 heterocycles. The van der Waals surface area contributed by atoms with Crippen LogP contribution >= 0.6 is 23.2 Å². The Morgan fingerprint density at radius 2 is 0.946 bits per heavy atom. The maximum atomic E-state index is 14.5. The third kappa shape index (κ3) is 4.48. The molecule has 4 aromatic carbocycles. The topological polar surface area (TPSA) is 35.0 Å². The smallest absolute Gasteiger partial charge is 0.135 e. The van der Waals surface area contributed by atoms with E-state index in [-0.39, 0.29) is 10.3 Å². The molecule has 0 bridgehead atoms. The van der Waals surface area contributed by atoms with E-state index in [4.69, 9.17) is 27.9 Å². The first kappa shape index (κ1) is 23.3. The molecule has 37 heavy (non-hydrogen) atoms. The first-order chi connectivity index (χ1) is 18.0. The number of ether oxygens (including phenoxy) is 1. The first-order valence-electron chi connectivity index (χ1n) is 11.3. The fourth-order valence-corrected chi connectivity index (χ4v) is 4.85. The molecule has 0 aliphatic rings. The normalized spacial score (nSPS) is 11.2. The van der Waals surface area contributed by atoms with Crippen LogP contribution in [0.2, 0.25) is 10.3 Å². The van der Waals surface area contributed by atoms with Crippen molar-refractivity contribution >= 4 is 45.0 Å². The molecule has 0 saturated carbocycles. The highest BCUT2D eigenvalue weighted by Crippen LogP contribution is 2.42. The van der Waals surface area contributed by atoms with E-state index in [1.165, 1.54) is 24.3 Å². The molecular formula is C30H16Cl2F2N2O. The minimum Gasteiger partial charge on any atom is -0.456 e. The van der Waals surface area contributed by atoms with Crippen LogP contribution in [0.15, 0.2) is 97.1 Å². The van der Waals surface area contributed by atoms with Gasteiger partial charge in [0.15, 0.2) is 0 Å². The summed E-state index contributed by atoms with van der Waals surface area (Å²) >= 11 is 12.6. The molecule has 0 N–H and O–H groups in total. The van der Waals surface area contributed by atoms with Gasteiger partial charge in [-0.1, -0.05) is 59.6 Å². The van der Waals surface area contributed by atoms with Crippen molar-refractivity contribution in [1.82, 2.24) is 9.97 Å². The van der Waals surface area contributed by atoms with Gasteiger partial charge in [-0.2, -0.15) is 0 Å². The van der Waals surface area contributed by atoms with Crippen LogP contribution in [0.4, 0.5) is 8.78 Å². The van der Waals surface area contributed by atoms with Crippen molar-refractivity contribution in [2.24, 2.45) is 0 Å². The second-order valence-corrected chi connectivity index (χ2v) is 9.18. The average Bonchev–Trinajstić information content (AvgIpc) is 2.89. The highest BCUT2D eigenvalue weighted by atomic mass is 35.5. The molecular weight excluding hydrogens is 513 g/mol. The van der Waals surface area contributed by atoms with Gasteiger partial charge in [0.05, 0.1) is 11.0 Å². The number of aromatic nitrogens is 2. The van der Waals surface area contributed by atoms with Gasteiger partial charge in [0.1, 0.15) is 33.4 Å². The average molecular weight is 529 g/mol. The van der Waals surface area contributed by atoms with Gasteiger partial charge >= 0.3 is 0 Å². The molecule has 0 radical (unpaired) electrons. The molecule has 0 fully saturated rings. The molecule has 0 aliphatic heterocycles. The summed E-state index contributed by atoms with van der Waals surface area (Å²) in [5.74, 6) is -0.145. The standard InChI is InChI=1S/C30H16Cl2F2N2O/c31-29-15-21(19-5-1-3-7-25(19)35-29)23-13-17(33)9-11-27(23)37-28-12-10-18(34)14-24(28)22-16-30(32)36-26-8-4-2-6-20(22)26/h1-16H. The van der Waals surface area contributed by atoms with Gasteiger partial charge in [0.25, 0.3) is 0 Å². The van der Waals surface area contributed by atoms with E-state index in [0.717, 1.165) is 10.8 Å². The lowest BCUT2D eigenvalue weighted by atomic mass is 9.99. The first-order valence-corrected chi connectivity index (χ1v) is 12.1. The molecule has 3 nitrogen and oxygen atoms in total. The summed E-state index contributed by atoms with van der Waals surface area (Å²) in [6, 6.07) is 26.7. The van der Waals surface area contributed by atoms with E-state index in [9.17, 15) is 8.78 Å². The highest BCUT2D eigenvalue weighted by Gasteiger charge is 2.18. The van der Waals surface area contributed by atoms with Gasteiger partial charge in [-0.05, 0) is 71.8 Å². The second kappa shape index (κ2) is 9.43. The third-order valence-corrected chi connectivity index (χ3v) is 6.44. The predicted octanol–water partition coefficient (Wildman–Crippen LogP) is 9.49. The Kier molecular flexibility index (Phi) is 5.95.